The summed E-state index contributed by atoms with van der Waals surface area (Å²) in [6, 6.07) is 15.4. The number of ether oxygens (including phenoxy) is 2. The SMILES string of the molecule is COc1cc(C(C)NC(=O)N(C)Cc2ccccc2)ccc1OC(C)C. The van der Waals surface area contributed by atoms with E-state index in [1.807, 2.05) is 69.3 Å². The Balaban J connectivity index is 2.01. The molecule has 0 saturated heterocycles. The second-order valence-electron chi connectivity index (χ2n) is 6.59. The monoisotopic (exact) mass is 356 g/mol. The molecule has 1 unspecified atom stereocenters. The molecule has 0 aliphatic carbocycles. The van der Waals surface area contributed by atoms with Crippen molar-refractivity contribution in [1.82, 2.24) is 10.2 Å². The smallest absolute Gasteiger partial charge is 0.317 e. The Labute approximate surface area is 155 Å². The van der Waals surface area contributed by atoms with Crippen LogP contribution in [0.3, 0.4) is 0 Å². The Morgan fingerprint density at radius 1 is 1.08 bits per heavy atom. The summed E-state index contributed by atoms with van der Waals surface area (Å²) in [5.74, 6) is 1.36. The molecule has 26 heavy (non-hydrogen) atoms. The van der Waals surface area contributed by atoms with Crippen LogP contribution in [0.2, 0.25) is 0 Å². The summed E-state index contributed by atoms with van der Waals surface area (Å²) in [4.78, 5) is 14.1. The van der Waals surface area contributed by atoms with Crippen molar-refractivity contribution in [2.24, 2.45) is 0 Å². The molecule has 0 heterocycles. The van der Waals surface area contributed by atoms with Crippen LogP contribution < -0.4 is 14.8 Å². The van der Waals surface area contributed by atoms with Crippen molar-refractivity contribution in [2.45, 2.75) is 39.5 Å². The molecular weight excluding hydrogens is 328 g/mol. The van der Waals surface area contributed by atoms with Crippen molar-refractivity contribution < 1.29 is 14.3 Å². The van der Waals surface area contributed by atoms with Crippen LogP contribution in [-0.4, -0.2) is 31.2 Å². The van der Waals surface area contributed by atoms with E-state index in [-0.39, 0.29) is 18.2 Å². The molecule has 0 aromatic heterocycles. The summed E-state index contributed by atoms with van der Waals surface area (Å²) in [5.41, 5.74) is 2.05. The van der Waals surface area contributed by atoms with Gasteiger partial charge in [0.25, 0.3) is 0 Å². The van der Waals surface area contributed by atoms with Gasteiger partial charge in [0.2, 0.25) is 0 Å². The lowest BCUT2D eigenvalue weighted by Crippen LogP contribution is -2.38. The molecule has 1 N–H and O–H groups in total. The number of rotatable bonds is 7. The molecule has 0 saturated carbocycles. The quantitative estimate of drug-likeness (QED) is 0.801. The molecule has 2 aromatic carbocycles. The minimum absolute atomic E-state index is 0.0681. The Bertz CT molecular complexity index is 716. The summed E-state index contributed by atoms with van der Waals surface area (Å²) in [6.45, 7) is 6.45. The van der Waals surface area contributed by atoms with E-state index in [9.17, 15) is 4.79 Å². The topological polar surface area (TPSA) is 50.8 Å². The fourth-order valence-electron chi connectivity index (χ4n) is 2.61. The van der Waals surface area contributed by atoms with Gasteiger partial charge >= 0.3 is 6.03 Å². The minimum atomic E-state index is -0.150. The van der Waals surface area contributed by atoms with Crippen molar-refractivity contribution in [1.29, 1.82) is 0 Å². The predicted octanol–water partition coefficient (Wildman–Crippen LogP) is 4.39. The van der Waals surface area contributed by atoms with Crippen LogP contribution in [0.4, 0.5) is 4.79 Å². The van der Waals surface area contributed by atoms with Crippen LogP contribution in [0.1, 0.15) is 37.9 Å². The third-order valence-electron chi connectivity index (χ3n) is 4.00. The first kappa shape index (κ1) is 19.6. The molecule has 0 radical (unpaired) electrons. The van der Waals surface area contributed by atoms with Crippen LogP contribution in [0.25, 0.3) is 0 Å². The molecule has 2 aromatic rings. The lowest BCUT2D eigenvalue weighted by Gasteiger charge is -2.22. The first-order valence-electron chi connectivity index (χ1n) is 8.81. The van der Waals surface area contributed by atoms with E-state index in [0.717, 1.165) is 11.1 Å². The zero-order valence-corrected chi connectivity index (χ0v) is 16.2. The van der Waals surface area contributed by atoms with Gasteiger partial charge in [-0.1, -0.05) is 36.4 Å². The molecule has 1 atom stereocenters. The highest BCUT2D eigenvalue weighted by Gasteiger charge is 2.16. The Morgan fingerprint density at radius 2 is 1.77 bits per heavy atom. The summed E-state index contributed by atoms with van der Waals surface area (Å²) < 4.78 is 11.2. The lowest BCUT2D eigenvalue weighted by atomic mass is 10.1. The minimum Gasteiger partial charge on any atom is -0.493 e. The predicted molar refractivity (Wildman–Crippen MR) is 104 cm³/mol. The maximum atomic E-state index is 12.5. The third-order valence-corrected chi connectivity index (χ3v) is 4.00. The average Bonchev–Trinajstić information content (AvgIpc) is 2.62. The molecular formula is C21H28N2O3. The number of amides is 2. The van der Waals surface area contributed by atoms with Crippen LogP contribution >= 0.6 is 0 Å². The molecule has 0 fully saturated rings. The summed E-state index contributed by atoms with van der Waals surface area (Å²) in [5, 5.41) is 3.02. The molecule has 5 nitrogen and oxygen atoms in total. The van der Waals surface area contributed by atoms with E-state index in [0.29, 0.717) is 18.0 Å². The highest BCUT2D eigenvalue weighted by atomic mass is 16.5. The van der Waals surface area contributed by atoms with Gasteiger partial charge in [-0.2, -0.15) is 0 Å². The number of urea groups is 1. The molecule has 2 amide bonds. The molecule has 0 spiro atoms. The van der Waals surface area contributed by atoms with Gasteiger partial charge in [0.1, 0.15) is 0 Å². The van der Waals surface area contributed by atoms with Gasteiger partial charge in [0, 0.05) is 13.6 Å². The van der Waals surface area contributed by atoms with E-state index in [1.54, 1.807) is 19.1 Å². The highest BCUT2D eigenvalue weighted by Crippen LogP contribution is 2.31. The van der Waals surface area contributed by atoms with Crippen molar-refractivity contribution in [3.8, 4) is 11.5 Å². The summed E-state index contributed by atoms with van der Waals surface area (Å²) in [6.07, 6.45) is 0.0681. The van der Waals surface area contributed by atoms with Crippen LogP contribution in [0, 0.1) is 0 Å². The molecule has 0 bridgehead atoms. The van der Waals surface area contributed by atoms with Gasteiger partial charge in [-0.05, 0) is 44.0 Å². The van der Waals surface area contributed by atoms with Crippen molar-refractivity contribution >= 4 is 6.03 Å². The van der Waals surface area contributed by atoms with E-state index < -0.39 is 0 Å². The molecule has 0 aliphatic heterocycles. The van der Waals surface area contributed by atoms with E-state index in [4.69, 9.17) is 9.47 Å². The van der Waals surface area contributed by atoms with Crippen molar-refractivity contribution in [3.05, 3.63) is 59.7 Å². The van der Waals surface area contributed by atoms with Gasteiger partial charge in [0.05, 0.1) is 19.3 Å². The fraction of sp³-hybridized carbons (Fsp3) is 0.381. The zero-order chi connectivity index (χ0) is 19.1. The number of hydrogen-bond donors (Lipinski definition) is 1. The standard InChI is InChI=1S/C21H28N2O3/c1-15(2)26-19-12-11-18(13-20(19)25-5)16(3)22-21(24)23(4)14-17-9-7-6-8-10-17/h6-13,15-16H,14H2,1-5H3,(H,22,24). The van der Waals surface area contributed by atoms with Gasteiger partial charge < -0.3 is 19.7 Å². The Morgan fingerprint density at radius 3 is 2.38 bits per heavy atom. The Kier molecular flexibility index (Phi) is 6.89. The van der Waals surface area contributed by atoms with E-state index >= 15 is 0 Å². The molecule has 5 heteroatoms. The maximum Gasteiger partial charge on any atom is 0.317 e. The van der Waals surface area contributed by atoms with Crippen LogP contribution in [-0.2, 0) is 6.54 Å². The largest absolute Gasteiger partial charge is 0.493 e. The number of hydrogen-bond acceptors (Lipinski definition) is 3. The van der Waals surface area contributed by atoms with Crippen LogP contribution in [0.15, 0.2) is 48.5 Å². The highest BCUT2D eigenvalue weighted by molar-refractivity contribution is 5.74. The second kappa shape index (κ2) is 9.13. The lowest BCUT2D eigenvalue weighted by molar-refractivity contribution is 0.203. The summed E-state index contributed by atoms with van der Waals surface area (Å²) >= 11 is 0. The number of nitrogens with one attached hydrogen (secondary N) is 1. The van der Waals surface area contributed by atoms with Gasteiger partial charge in [-0.3, -0.25) is 0 Å². The summed E-state index contributed by atoms with van der Waals surface area (Å²) in [7, 11) is 3.40. The van der Waals surface area contributed by atoms with Crippen molar-refractivity contribution in [3.63, 3.8) is 0 Å². The fourth-order valence-corrected chi connectivity index (χ4v) is 2.61. The zero-order valence-electron chi connectivity index (χ0n) is 16.2. The second-order valence-corrected chi connectivity index (χ2v) is 6.59. The normalized spacial score (nSPS) is 11.8. The van der Waals surface area contributed by atoms with Gasteiger partial charge in [-0.25, -0.2) is 4.79 Å². The maximum absolute atomic E-state index is 12.5. The van der Waals surface area contributed by atoms with Gasteiger partial charge in [-0.15, -0.1) is 0 Å². The molecule has 0 aliphatic rings. The first-order chi connectivity index (χ1) is 12.4. The number of methoxy groups -OCH3 is 1. The number of carbonyl (C=O) groups excluding carboxylic acids is 1. The van der Waals surface area contributed by atoms with Crippen LogP contribution in [0.5, 0.6) is 11.5 Å². The average molecular weight is 356 g/mol. The number of benzene rings is 2. The van der Waals surface area contributed by atoms with E-state index in [2.05, 4.69) is 5.32 Å². The first-order valence-corrected chi connectivity index (χ1v) is 8.81. The number of nitrogens with zero attached hydrogens (tertiary/aromatic N) is 1. The third kappa shape index (κ3) is 5.41. The molecule has 140 valence electrons. The number of carbonyl (C=O) groups is 1. The van der Waals surface area contributed by atoms with Gasteiger partial charge in [0.15, 0.2) is 11.5 Å². The van der Waals surface area contributed by atoms with E-state index in [1.165, 1.54) is 0 Å². The molecule has 2 rings (SSSR count). The van der Waals surface area contributed by atoms with Crippen molar-refractivity contribution in [2.75, 3.05) is 14.2 Å². The Hall–Kier alpha value is -2.69.